The van der Waals surface area contributed by atoms with E-state index in [2.05, 4.69) is 36.4 Å². The Morgan fingerprint density at radius 3 is 2.82 bits per heavy atom. The molecule has 0 aliphatic rings. The molecule has 0 spiro atoms. The van der Waals surface area contributed by atoms with Gasteiger partial charge in [0, 0.05) is 18.4 Å². The minimum Gasteiger partial charge on any atom is -0.381 e. The molecule has 3 nitrogen and oxygen atoms in total. The molecular weight excluding hydrogens is 210 g/mol. The highest BCUT2D eigenvalue weighted by Crippen LogP contribution is 2.20. The highest BCUT2D eigenvalue weighted by molar-refractivity contribution is 5.60. The van der Waals surface area contributed by atoms with Gasteiger partial charge >= 0.3 is 0 Å². The van der Waals surface area contributed by atoms with Crippen molar-refractivity contribution >= 4 is 5.69 Å². The van der Waals surface area contributed by atoms with Crippen molar-refractivity contribution < 1.29 is 0 Å². The second-order valence-corrected chi connectivity index (χ2v) is 4.30. The summed E-state index contributed by atoms with van der Waals surface area (Å²) in [7, 11) is 0. The van der Waals surface area contributed by atoms with Crippen LogP contribution in [0, 0.1) is 0 Å². The third kappa shape index (κ3) is 2.87. The van der Waals surface area contributed by atoms with E-state index in [4.69, 9.17) is 0 Å². The van der Waals surface area contributed by atoms with Crippen LogP contribution in [0.2, 0.25) is 0 Å². The molecule has 0 bridgehead atoms. The minimum atomic E-state index is 0.483. The fraction of sp³-hybridized carbons (Fsp3) is 0.357. The maximum absolute atomic E-state index is 4.28. The van der Waals surface area contributed by atoms with Crippen molar-refractivity contribution in [3.8, 4) is 5.69 Å². The third-order valence-corrected chi connectivity index (χ3v) is 2.78. The average Bonchev–Trinajstić information content (AvgIpc) is 2.83. The first-order chi connectivity index (χ1) is 8.31. The van der Waals surface area contributed by atoms with Gasteiger partial charge in [-0.2, -0.15) is 5.10 Å². The molecule has 17 heavy (non-hydrogen) atoms. The highest BCUT2D eigenvalue weighted by Gasteiger charge is 2.06. The summed E-state index contributed by atoms with van der Waals surface area (Å²) < 4.78 is 1.89. The summed E-state index contributed by atoms with van der Waals surface area (Å²) in [6, 6.07) is 10.7. The molecule has 90 valence electrons. The first-order valence-electron chi connectivity index (χ1n) is 6.17. The molecule has 3 heteroatoms. The molecule has 1 atom stereocenters. The predicted molar refractivity (Wildman–Crippen MR) is 71.6 cm³/mol. The van der Waals surface area contributed by atoms with E-state index in [9.17, 15) is 0 Å². The zero-order valence-electron chi connectivity index (χ0n) is 10.4. The van der Waals surface area contributed by atoms with E-state index in [1.54, 1.807) is 6.20 Å². The van der Waals surface area contributed by atoms with Crippen LogP contribution in [0.25, 0.3) is 5.69 Å². The Hall–Kier alpha value is -1.77. The van der Waals surface area contributed by atoms with E-state index in [0.29, 0.717) is 6.04 Å². The zero-order valence-corrected chi connectivity index (χ0v) is 10.4. The standard InChI is InChI=1S/C14H19N3/c1-3-7-12(2)16-13-8-4-5-9-14(13)17-11-6-10-15-17/h4-6,8-12,16H,3,7H2,1-2H3. The molecule has 1 N–H and O–H groups in total. The number of para-hydroxylation sites is 2. The molecule has 1 unspecified atom stereocenters. The van der Waals surface area contributed by atoms with Gasteiger partial charge in [-0.05, 0) is 31.5 Å². The van der Waals surface area contributed by atoms with Gasteiger partial charge < -0.3 is 5.32 Å². The van der Waals surface area contributed by atoms with Crippen LogP contribution in [0.1, 0.15) is 26.7 Å². The van der Waals surface area contributed by atoms with Crippen LogP contribution in [0.4, 0.5) is 5.69 Å². The average molecular weight is 229 g/mol. The molecule has 0 saturated carbocycles. The molecule has 2 rings (SSSR count). The van der Waals surface area contributed by atoms with Crippen molar-refractivity contribution in [2.24, 2.45) is 0 Å². The molecule has 0 aliphatic heterocycles. The van der Waals surface area contributed by atoms with Crippen molar-refractivity contribution in [1.29, 1.82) is 0 Å². The van der Waals surface area contributed by atoms with Gasteiger partial charge in [0.25, 0.3) is 0 Å². The van der Waals surface area contributed by atoms with Crippen molar-refractivity contribution in [2.75, 3.05) is 5.32 Å². The number of hydrogen-bond acceptors (Lipinski definition) is 2. The van der Waals surface area contributed by atoms with E-state index in [1.807, 2.05) is 29.1 Å². The second kappa shape index (κ2) is 5.53. The lowest BCUT2D eigenvalue weighted by atomic mass is 10.1. The van der Waals surface area contributed by atoms with Crippen LogP contribution >= 0.6 is 0 Å². The van der Waals surface area contributed by atoms with Gasteiger partial charge in [0.15, 0.2) is 0 Å². The number of rotatable bonds is 5. The smallest absolute Gasteiger partial charge is 0.0876 e. The van der Waals surface area contributed by atoms with Crippen LogP contribution in [-0.2, 0) is 0 Å². The molecule has 2 aromatic rings. The Morgan fingerprint density at radius 2 is 2.12 bits per heavy atom. The van der Waals surface area contributed by atoms with Crippen molar-refractivity contribution in [1.82, 2.24) is 9.78 Å². The summed E-state index contributed by atoms with van der Waals surface area (Å²) in [6.45, 7) is 4.42. The van der Waals surface area contributed by atoms with Crippen LogP contribution in [0.5, 0.6) is 0 Å². The lowest BCUT2D eigenvalue weighted by Crippen LogP contribution is -2.16. The van der Waals surface area contributed by atoms with E-state index in [-0.39, 0.29) is 0 Å². The molecule has 0 fully saturated rings. The van der Waals surface area contributed by atoms with E-state index in [1.165, 1.54) is 12.8 Å². The molecular formula is C14H19N3. The van der Waals surface area contributed by atoms with Gasteiger partial charge in [-0.3, -0.25) is 0 Å². The third-order valence-electron chi connectivity index (χ3n) is 2.78. The number of nitrogens with zero attached hydrogens (tertiary/aromatic N) is 2. The van der Waals surface area contributed by atoms with E-state index >= 15 is 0 Å². The van der Waals surface area contributed by atoms with Crippen molar-refractivity contribution in [3.63, 3.8) is 0 Å². The Labute approximate surface area is 102 Å². The Morgan fingerprint density at radius 1 is 1.29 bits per heavy atom. The van der Waals surface area contributed by atoms with Crippen molar-refractivity contribution in [2.45, 2.75) is 32.7 Å². The first kappa shape index (κ1) is 11.7. The summed E-state index contributed by atoms with van der Waals surface area (Å²) in [5.74, 6) is 0. The SMILES string of the molecule is CCCC(C)Nc1ccccc1-n1cccn1. The van der Waals surface area contributed by atoms with Crippen LogP contribution in [-0.4, -0.2) is 15.8 Å². The maximum atomic E-state index is 4.28. The van der Waals surface area contributed by atoms with Crippen LogP contribution in [0.15, 0.2) is 42.7 Å². The monoisotopic (exact) mass is 229 g/mol. The lowest BCUT2D eigenvalue weighted by Gasteiger charge is -2.17. The summed E-state index contributed by atoms with van der Waals surface area (Å²) >= 11 is 0. The Balaban J connectivity index is 2.22. The van der Waals surface area contributed by atoms with Crippen LogP contribution in [0.3, 0.4) is 0 Å². The Kier molecular flexibility index (Phi) is 3.81. The number of anilines is 1. The molecule has 0 aliphatic carbocycles. The molecule has 1 aromatic carbocycles. The summed E-state index contributed by atoms with van der Waals surface area (Å²) in [4.78, 5) is 0. The highest BCUT2D eigenvalue weighted by atomic mass is 15.3. The van der Waals surface area contributed by atoms with Gasteiger partial charge in [-0.25, -0.2) is 4.68 Å². The van der Waals surface area contributed by atoms with E-state index < -0.39 is 0 Å². The number of nitrogens with one attached hydrogen (secondary N) is 1. The molecule has 0 saturated heterocycles. The summed E-state index contributed by atoms with van der Waals surface area (Å²) in [5, 5.41) is 7.82. The van der Waals surface area contributed by atoms with E-state index in [0.717, 1.165) is 11.4 Å². The maximum Gasteiger partial charge on any atom is 0.0876 e. The van der Waals surface area contributed by atoms with Gasteiger partial charge in [0.2, 0.25) is 0 Å². The largest absolute Gasteiger partial charge is 0.381 e. The number of hydrogen-bond donors (Lipinski definition) is 1. The summed E-state index contributed by atoms with van der Waals surface area (Å²) in [5.41, 5.74) is 2.23. The fourth-order valence-corrected chi connectivity index (χ4v) is 1.98. The fourth-order valence-electron chi connectivity index (χ4n) is 1.98. The van der Waals surface area contributed by atoms with Gasteiger partial charge in [0.1, 0.15) is 0 Å². The van der Waals surface area contributed by atoms with Crippen LogP contribution < -0.4 is 5.32 Å². The van der Waals surface area contributed by atoms with Gasteiger partial charge in [0.05, 0.1) is 11.4 Å². The minimum absolute atomic E-state index is 0.483. The molecule has 0 amide bonds. The summed E-state index contributed by atoms with van der Waals surface area (Å²) in [6.07, 6.45) is 6.13. The lowest BCUT2D eigenvalue weighted by molar-refractivity contribution is 0.689. The van der Waals surface area contributed by atoms with Gasteiger partial charge in [-0.15, -0.1) is 0 Å². The first-order valence-corrected chi connectivity index (χ1v) is 6.17. The molecule has 1 aromatic heterocycles. The van der Waals surface area contributed by atoms with Crippen molar-refractivity contribution in [3.05, 3.63) is 42.7 Å². The topological polar surface area (TPSA) is 29.9 Å². The van der Waals surface area contributed by atoms with Gasteiger partial charge in [-0.1, -0.05) is 25.5 Å². The Bertz CT molecular complexity index is 448. The number of aromatic nitrogens is 2. The predicted octanol–water partition coefficient (Wildman–Crippen LogP) is 3.47. The number of benzene rings is 1. The molecule has 1 heterocycles. The molecule has 0 radical (unpaired) electrons. The normalized spacial score (nSPS) is 12.4. The zero-order chi connectivity index (χ0) is 12.1. The second-order valence-electron chi connectivity index (χ2n) is 4.30. The quantitative estimate of drug-likeness (QED) is 0.850.